The number of carbonyl (C=O) groups excluding carboxylic acids is 3. The molecule has 0 aromatic carbocycles. The van der Waals surface area contributed by atoms with Gasteiger partial charge >= 0.3 is 6.09 Å². The largest absolute Gasteiger partial charge is 0.443 e. The van der Waals surface area contributed by atoms with Crippen LogP contribution in [0.15, 0.2) is 0 Å². The van der Waals surface area contributed by atoms with Gasteiger partial charge in [0.25, 0.3) is 0 Å². The monoisotopic (exact) mass is 282 g/mol. The maximum atomic E-state index is 12.3. The van der Waals surface area contributed by atoms with E-state index < -0.39 is 17.2 Å². The zero-order chi connectivity index (χ0) is 15.0. The lowest BCUT2D eigenvalue weighted by atomic mass is 9.88. The molecule has 1 N–H and O–H groups in total. The number of rotatable bonds is 0. The smallest absolute Gasteiger partial charge is 0.417 e. The Morgan fingerprint density at radius 1 is 1.20 bits per heavy atom. The molecular formula is C14H22N2O4. The molecule has 1 unspecified atom stereocenters. The van der Waals surface area contributed by atoms with Crippen LogP contribution in [0.5, 0.6) is 0 Å². The van der Waals surface area contributed by atoms with E-state index in [1.165, 1.54) is 4.90 Å². The summed E-state index contributed by atoms with van der Waals surface area (Å²) < 4.78 is 5.35. The molecule has 2 heterocycles. The molecule has 2 fully saturated rings. The highest BCUT2D eigenvalue weighted by Gasteiger charge is 2.50. The van der Waals surface area contributed by atoms with E-state index in [0.29, 0.717) is 38.6 Å². The molecule has 6 nitrogen and oxygen atoms in total. The van der Waals surface area contributed by atoms with Crippen molar-refractivity contribution in [2.24, 2.45) is 0 Å². The van der Waals surface area contributed by atoms with Gasteiger partial charge in [-0.15, -0.1) is 0 Å². The van der Waals surface area contributed by atoms with E-state index >= 15 is 0 Å². The minimum Gasteiger partial charge on any atom is -0.443 e. The van der Waals surface area contributed by atoms with Crippen LogP contribution in [0.25, 0.3) is 0 Å². The number of hydrogen-bond donors (Lipinski definition) is 1. The van der Waals surface area contributed by atoms with E-state index in [1.807, 2.05) is 0 Å². The predicted molar refractivity (Wildman–Crippen MR) is 71.9 cm³/mol. The number of nitrogens with one attached hydrogen (secondary N) is 1. The Kier molecular flexibility index (Phi) is 3.75. The number of ether oxygens (including phenoxy) is 1. The van der Waals surface area contributed by atoms with Crippen LogP contribution < -0.4 is 5.32 Å². The molecule has 6 heteroatoms. The summed E-state index contributed by atoms with van der Waals surface area (Å²) in [5.41, 5.74) is -1.20. The molecule has 0 aromatic rings. The molecule has 3 amide bonds. The Balaban J connectivity index is 2.21. The second-order valence-electron chi connectivity index (χ2n) is 6.53. The van der Waals surface area contributed by atoms with E-state index in [-0.39, 0.29) is 11.8 Å². The molecular weight excluding hydrogens is 260 g/mol. The Labute approximate surface area is 118 Å². The fourth-order valence-corrected chi connectivity index (χ4v) is 2.90. The minimum absolute atomic E-state index is 0.0228. The van der Waals surface area contributed by atoms with Gasteiger partial charge in [-0.1, -0.05) is 0 Å². The molecule has 0 aromatic heterocycles. The van der Waals surface area contributed by atoms with Crippen LogP contribution in [0.3, 0.4) is 0 Å². The summed E-state index contributed by atoms with van der Waals surface area (Å²) in [6.07, 6.45) is 1.82. The molecule has 2 rings (SSSR count). The van der Waals surface area contributed by atoms with Crippen molar-refractivity contribution >= 4 is 17.9 Å². The lowest BCUT2D eigenvalue weighted by Gasteiger charge is -2.36. The summed E-state index contributed by atoms with van der Waals surface area (Å²) in [5, 5.41) is 2.79. The molecule has 1 spiro atoms. The standard InChI is InChI=1S/C14H22N2O4/c1-13(2,3)20-12(19)16-11(18)5-7-14(16)6-4-10(17)15-9-8-14/h4-9H2,1-3H3,(H,15,17). The van der Waals surface area contributed by atoms with Gasteiger partial charge < -0.3 is 10.1 Å². The molecule has 112 valence electrons. The van der Waals surface area contributed by atoms with E-state index in [2.05, 4.69) is 5.32 Å². The normalized spacial score (nSPS) is 27.4. The predicted octanol–water partition coefficient (Wildman–Crippen LogP) is 1.58. The van der Waals surface area contributed by atoms with Crippen molar-refractivity contribution in [3.8, 4) is 0 Å². The van der Waals surface area contributed by atoms with Crippen molar-refractivity contribution in [2.45, 2.75) is 64.0 Å². The van der Waals surface area contributed by atoms with Crippen LogP contribution in [0, 0.1) is 0 Å². The van der Waals surface area contributed by atoms with Crippen molar-refractivity contribution in [3.05, 3.63) is 0 Å². The molecule has 2 saturated heterocycles. The highest BCUT2D eigenvalue weighted by molar-refractivity contribution is 5.95. The van der Waals surface area contributed by atoms with Crippen molar-refractivity contribution in [1.29, 1.82) is 0 Å². The Bertz CT molecular complexity index is 441. The fraction of sp³-hybridized carbons (Fsp3) is 0.786. The van der Waals surface area contributed by atoms with Gasteiger partial charge in [-0.05, 0) is 40.0 Å². The maximum Gasteiger partial charge on any atom is 0.417 e. The average molecular weight is 282 g/mol. The summed E-state index contributed by atoms with van der Waals surface area (Å²) in [4.78, 5) is 37.1. The summed E-state index contributed by atoms with van der Waals surface area (Å²) in [7, 11) is 0. The van der Waals surface area contributed by atoms with E-state index in [1.54, 1.807) is 20.8 Å². The third-order valence-corrected chi connectivity index (χ3v) is 3.83. The number of nitrogens with zero attached hydrogens (tertiary/aromatic N) is 1. The molecule has 2 aliphatic heterocycles. The third-order valence-electron chi connectivity index (χ3n) is 3.83. The summed E-state index contributed by atoms with van der Waals surface area (Å²) >= 11 is 0. The first-order chi connectivity index (χ1) is 9.23. The van der Waals surface area contributed by atoms with Crippen LogP contribution in [0.4, 0.5) is 4.79 Å². The SMILES string of the molecule is CC(C)(C)OC(=O)N1C(=O)CCC12CCNC(=O)CC2. The van der Waals surface area contributed by atoms with Gasteiger partial charge in [-0.25, -0.2) is 9.69 Å². The average Bonchev–Trinajstić information content (AvgIpc) is 2.50. The van der Waals surface area contributed by atoms with Crippen LogP contribution in [-0.4, -0.2) is 40.5 Å². The Morgan fingerprint density at radius 2 is 1.85 bits per heavy atom. The fourth-order valence-electron chi connectivity index (χ4n) is 2.90. The van der Waals surface area contributed by atoms with Crippen LogP contribution >= 0.6 is 0 Å². The maximum absolute atomic E-state index is 12.3. The topological polar surface area (TPSA) is 75.7 Å². The second-order valence-corrected chi connectivity index (χ2v) is 6.53. The van der Waals surface area contributed by atoms with Gasteiger partial charge in [-0.3, -0.25) is 9.59 Å². The summed E-state index contributed by atoms with van der Waals surface area (Å²) in [5.74, 6) is -0.223. The summed E-state index contributed by atoms with van der Waals surface area (Å²) in [6, 6.07) is 0. The molecule has 20 heavy (non-hydrogen) atoms. The van der Waals surface area contributed by atoms with Crippen molar-refractivity contribution < 1.29 is 19.1 Å². The number of likely N-dealkylation sites (tertiary alicyclic amines) is 1. The lowest BCUT2D eigenvalue weighted by Crippen LogP contribution is -2.51. The number of imide groups is 1. The Morgan fingerprint density at radius 3 is 2.50 bits per heavy atom. The summed E-state index contributed by atoms with van der Waals surface area (Å²) in [6.45, 7) is 5.81. The number of carbonyl (C=O) groups is 3. The van der Waals surface area contributed by atoms with E-state index in [0.717, 1.165) is 0 Å². The first-order valence-corrected chi connectivity index (χ1v) is 7.06. The third kappa shape index (κ3) is 2.94. The van der Waals surface area contributed by atoms with Crippen LogP contribution in [0.1, 0.15) is 52.9 Å². The first kappa shape index (κ1) is 14.8. The molecule has 0 aliphatic carbocycles. The molecule has 2 aliphatic rings. The quantitative estimate of drug-likeness (QED) is 0.732. The molecule has 1 atom stereocenters. The number of amides is 3. The van der Waals surface area contributed by atoms with E-state index in [9.17, 15) is 14.4 Å². The zero-order valence-corrected chi connectivity index (χ0v) is 12.3. The van der Waals surface area contributed by atoms with Crippen LogP contribution in [-0.2, 0) is 14.3 Å². The van der Waals surface area contributed by atoms with Crippen LogP contribution in [0.2, 0.25) is 0 Å². The highest BCUT2D eigenvalue weighted by Crippen LogP contribution is 2.39. The number of hydrogen-bond acceptors (Lipinski definition) is 4. The van der Waals surface area contributed by atoms with Crippen molar-refractivity contribution in [1.82, 2.24) is 10.2 Å². The highest BCUT2D eigenvalue weighted by atomic mass is 16.6. The van der Waals surface area contributed by atoms with Gasteiger partial charge in [-0.2, -0.15) is 0 Å². The molecule has 0 radical (unpaired) electrons. The lowest BCUT2D eigenvalue weighted by molar-refractivity contribution is -0.131. The first-order valence-electron chi connectivity index (χ1n) is 7.06. The van der Waals surface area contributed by atoms with Crippen molar-refractivity contribution in [2.75, 3.05) is 6.54 Å². The molecule has 0 saturated carbocycles. The second kappa shape index (κ2) is 5.07. The van der Waals surface area contributed by atoms with E-state index in [4.69, 9.17) is 4.74 Å². The minimum atomic E-state index is -0.639. The van der Waals surface area contributed by atoms with Gasteiger partial charge in [0, 0.05) is 19.4 Å². The van der Waals surface area contributed by atoms with Gasteiger partial charge in [0.2, 0.25) is 11.8 Å². The van der Waals surface area contributed by atoms with Gasteiger partial charge in [0.1, 0.15) is 5.60 Å². The van der Waals surface area contributed by atoms with Gasteiger partial charge in [0.15, 0.2) is 0 Å². The zero-order valence-electron chi connectivity index (χ0n) is 12.3. The molecule has 0 bridgehead atoms. The Hall–Kier alpha value is -1.59. The van der Waals surface area contributed by atoms with Gasteiger partial charge in [0.05, 0.1) is 5.54 Å². The van der Waals surface area contributed by atoms with Crippen molar-refractivity contribution in [3.63, 3.8) is 0 Å².